The molecular weight excluding hydrogens is 364 g/mol. The minimum Gasteiger partial charge on any atom is -0.296 e. The molecule has 0 radical (unpaired) electrons. The van der Waals surface area contributed by atoms with Crippen molar-refractivity contribution in [3.8, 4) is 6.07 Å². The predicted molar refractivity (Wildman–Crippen MR) is 103 cm³/mol. The zero-order valence-corrected chi connectivity index (χ0v) is 15.8. The lowest BCUT2D eigenvalue weighted by Gasteiger charge is -2.13. The Morgan fingerprint density at radius 2 is 2.07 bits per heavy atom. The first-order valence-corrected chi connectivity index (χ1v) is 9.12. The topological polar surface area (TPSA) is 80.7 Å². The third-order valence-electron chi connectivity index (χ3n) is 5.31. The first-order valence-electron chi connectivity index (χ1n) is 8.74. The molecule has 1 aliphatic rings. The van der Waals surface area contributed by atoms with Gasteiger partial charge in [-0.25, -0.2) is 9.78 Å². The molecule has 0 spiro atoms. The zero-order valence-electron chi connectivity index (χ0n) is 15.0. The fourth-order valence-electron chi connectivity index (χ4n) is 3.67. The number of nitrogens with zero attached hydrogens (tertiary/aromatic N) is 4. The maximum Gasteiger partial charge on any atom is 0.331 e. The fraction of sp³-hybridized carbons (Fsp3) is 0.300. The summed E-state index contributed by atoms with van der Waals surface area (Å²) in [7, 11) is 0. The average Bonchev–Trinajstić information content (AvgIpc) is 3.13. The summed E-state index contributed by atoms with van der Waals surface area (Å²) in [5, 5.41) is 10.6. The Hall–Kier alpha value is -2.91. The van der Waals surface area contributed by atoms with Gasteiger partial charge in [0.2, 0.25) is 0 Å². The highest BCUT2D eigenvalue weighted by molar-refractivity contribution is 6.30. The number of aromatic nitrogens is 3. The number of benzene rings is 1. The van der Waals surface area contributed by atoms with Gasteiger partial charge < -0.3 is 0 Å². The van der Waals surface area contributed by atoms with Crippen molar-refractivity contribution < 1.29 is 0 Å². The molecule has 0 saturated carbocycles. The third-order valence-corrected chi connectivity index (χ3v) is 5.64. The molecule has 7 heteroatoms. The minimum absolute atomic E-state index is 0.0126. The Balaban J connectivity index is 1.90. The van der Waals surface area contributed by atoms with Crippen molar-refractivity contribution in [1.29, 1.82) is 5.26 Å². The molecule has 2 aromatic heterocycles. The molecule has 1 aromatic carbocycles. The summed E-state index contributed by atoms with van der Waals surface area (Å²) in [5.41, 5.74) is 3.16. The van der Waals surface area contributed by atoms with Crippen molar-refractivity contribution in [2.24, 2.45) is 0 Å². The van der Waals surface area contributed by atoms with E-state index in [0.29, 0.717) is 24.2 Å². The molecule has 1 aliphatic heterocycles. The molecule has 3 aromatic rings. The Morgan fingerprint density at radius 3 is 2.81 bits per heavy atom. The standard InChI is InChI=1S/C20H17ClN4O2/c1-11-5-6-13-8-14(18(21)23-17(13)12(11)2)10-25-19(26)15(9-22)16-4-3-7-24(16)20(25)27/h5-6,8H,3-4,7,10H2,1-2H3. The van der Waals surface area contributed by atoms with E-state index in [9.17, 15) is 14.9 Å². The molecule has 0 aliphatic carbocycles. The second-order valence-corrected chi connectivity index (χ2v) is 7.24. The molecule has 0 fully saturated rings. The number of aryl methyl sites for hydroxylation is 2. The molecule has 0 amide bonds. The second kappa shape index (κ2) is 6.36. The van der Waals surface area contributed by atoms with E-state index in [4.69, 9.17) is 11.6 Å². The molecular formula is C20H17ClN4O2. The van der Waals surface area contributed by atoms with E-state index in [1.54, 1.807) is 0 Å². The lowest BCUT2D eigenvalue weighted by Crippen LogP contribution is -2.42. The Labute approximate surface area is 160 Å². The van der Waals surface area contributed by atoms with Gasteiger partial charge in [0.05, 0.1) is 12.1 Å². The monoisotopic (exact) mass is 380 g/mol. The molecule has 3 heterocycles. The van der Waals surface area contributed by atoms with Crippen molar-refractivity contribution in [2.75, 3.05) is 0 Å². The highest BCUT2D eigenvalue weighted by atomic mass is 35.5. The van der Waals surface area contributed by atoms with E-state index in [2.05, 4.69) is 4.98 Å². The van der Waals surface area contributed by atoms with Crippen molar-refractivity contribution in [2.45, 2.75) is 39.8 Å². The quantitative estimate of drug-likeness (QED) is 0.640. The maximum absolute atomic E-state index is 12.8. The average molecular weight is 381 g/mol. The summed E-state index contributed by atoms with van der Waals surface area (Å²) in [5.74, 6) is 0. The molecule has 27 heavy (non-hydrogen) atoms. The maximum atomic E-state index is 12.8. The Bertz CT molecular complexity index is 1260. The van der Waals surface area contributed by atoms with Gasteiger partial charge in [-0.2, -0.15) is 5.26 Å². The Morgan fingerprint density at radius 1 is 1.30 bits per heavy atom. The summed E-state index contributed by atoms with van der Waals surface area (Å²) in [6.45, 7) is 4.50. The molecule has 0 N–H and O–H groups in total. The first-order chi connectivity index (χ1) is 12.9. The van der Waals surface area contributed by atoms with Crippen LogP contribution in [0.5, 0.6) is 0 Å². The van der Waals surface area contributed by atoms with Gasteiger partial charge in [-0.1, -0.05) is 23.7 Å². The number of rotatable bonds is 2. The van der Waals surface area contributed by atoms with Gasteiger partial charge in [0, 0.05) is 23.2 Å². The molecule has 0 atom stereocenters. The molecule has 0 bridgehead atoms. The van der Waals surface area contributed by atoms with Gasteiger partial charge in [-0.05, 0) is 43.9 Å². The lowest BCUT2D eigenvalue weighted by atomic mass is 10.0. The van der Waals surface area contributed by atoms with Crippen molar-refractivity contribution >= 4 is 22.5 Å². The van der Waals surface area contributed by atoms with Crippen LogP contribution in [0.1, 0.15) is 34.4 Å². The van der Waals surface area contributed by atoms with Crippen LogP contribution in [0.4, 0.5) is 0 Å². The van der Waals surface area contributed by atoms with E-state index < -0.39 is 11.2 Å². The van der Waals surface area contributed by atoms with Gasteiger partial charge >= 0.3 is 5.69 Å². The van der Waals surface area contributed by atoms with Crippen LogP contribution in [0.15, 0.2) is 27.8 Å². The van der Waals surface area contributed by atoms with Gasteiger partial charge in [-0.15, -0.1) is 0 Å². The highest BCUT2D eigenvalue weighted by Crippen LogP contribution is 2.25. The van der Waals surface area contributed by atoms with E-state index in [0.717, 1.165) is 33.0 Å². The fourth-order valence-corrected chi connectivity index (χ4v) is 3.87. The first kappa shape index (κ1) is 17.5. The van der Waals surface area contributed by atoms with Crippen molar-refractivity contribution in [3.05, 3.63) is 72.1 Å². The number of fused-ring (bicyclic) bond motifs is 2. The van der Waals surface area contributed by atoms with Gasteiger partial charge in [0.25, 0.3) is 5.56 Å². The SMILES string of the molecule is Cc1ccc2cc(Cn3c(=O)c(C#N)c4n(c3=O)CCC4)c(Cl)nc2c1C. The number of nitriles is 1. The number of pyridine rings is 1. The normalized spacial score (nSPS) is 13.0. The van der Waals surface area contributed by atoms with E-state index in [-0.39, 0.29) is 17.3 Å². The number of halogens is 1. The van der Waals surface area contributed by atoms with Crippen LogP contribution < -0.4 is 11.2 Å². The van der Waals surface area contributed by atoms with Crippen LogP contribution in [0.25, 0.3) is 10.9 Å². The van der Waals surface area contributed by atoms with Crippen molar-refractivity contribution in [3.63, 3.8) is 0 Å². The van der Waals surface area contributed by atoms with Crippen LogP contribution in [0.3, 0.4) is 0 Å². The van der Waals surface area contributed by atoms with Crippen LogP contribution in [0.2, 0.25) is 5.15 Å². The third kappa shape index (κ3) is 2.66. The van der Waals surface area contributed by atoms with Crippen LogP contribution in [-0.4, -0.2) is 14.1 Å². The van der Waals surface area contributed by atoms with Gasteiger partial charge in [0.15, 0.2) is 0 Å². The number of hydrogen-bond acceptors (Lipinski definition) is 4. The van der Waals surface area contributed by atoms with Crippen LogP contribution in [-0.2, 0) is 19.5 Å². The summed E-state index contributed by atoms with van der Waals surface area (Å²) >= 11 is 6.37. The highest BCUT2D eigenvalue weighted by Gasteiger charge is 2.23. The van der Waals surface area contributed by atoms with Crippen LogP contribution >= 0.6 is 11.6 Å². The summed E-state index contributed by atoms with van der Waals surface area (Å²) < 4.78 is 2.61. The zero-order chi connectivity index (χ0) is 19.3. The number of hydrogen-bond donors (Lipinski definition) is 0. The lowest BCUT2D eigenvalue weighted by molar-refractivity contribution is 0.601. The molecule has 0 saturated heterocycles. The van der Waals surface area contributed by atoms with Crippen molar-refractivity contribution in [1.82, 2.24) is 14.1 Å². The summed E-state index contributed by atoms with van der Waals surface area (Å²) in [4.78, 5) is 30.0. The second-order valence-electron chi connectivity index (χ2n) is 6.88. The molecule has 136 valence electrons. The van der Waals surface area contributed by atoms with Gasteiger partial charge in [-0.3, -0.25) is 13.9 Å². The Kier molecular flexibility index (Phi) is 4.12. The van der Waals surface area contributed by atoms with Gasteiger partial charge in [0.1, 0.15) is 16.8 Å². The predicted octanol–water partition coefficient (Wildman–Crippen LogP) is 2.69. The minimum atomic E-state index is -0.563. The largest absolute Gasteiger partial charge is 0.331 e. The smallest absolute Gasteiger partial charge is 0.296 e. The summed E-state index contributed by atoms with van der Waals surface area (Å²) in [6, 6.07) is 7.77. The molecule has 6 nitrogen and oxygen atoms in total. The van der Waals surface area contributed by atoms with E-state index >= 15 is 0 Å². The van der Waals surface area contributed by atoms with E-state index in [1.807, 2.05) is 38.1 Å². The van der Waals surface area contributed by atoms with E-state index in [1.165, 1.54) is 4.57 Å². The summed E-state index contributed by atoms with van der Waals surface area (Å²) in [6.07, 6.45) is 1.33. The molecule has 0 unspecified atom stereocenters. The molecule has 4 rings (SSSR count). The van der Waals surface area contributed by atoms with Crippen LogP contribution in [0, 0.1) is 25.2 Å².